The van der Waals surface area contributed by atoms with Gasteiger partial charge in [-0.1, -0.05) is 5.11 Å². The minimum Gasteiger partial charge on any atom is -0.490 e. The molecule has 1 aromatic rings. The van der Waals surface area contributed by atoms with Gasteiger partial charge < -0.3 is 29.5 Å². The van der Waals surface area contributed by atoms with E-state index in [-0.39, 0.29) is 13.2 Å². The van der Waals surface area contributed by atoms with Crippen molar-refractivity contribution in [1.82, 2.24) is 9.80 Å². The molecule has 0 saturated carbocycles. The maximum absolute atomic E-state index is 11.5. The van der Waals surface area contributed by atoms with E-state index < -0.39 is 23.3 Å². The molecule has 11 nitrogen and oxygen atoms in total. The monoisotopic (exact) mass is 465 g/mol. The summed E-state index contributed by atoms with van der Waals surface area (Å²) >= 11 is 0. The number of carboxylic acid groups (broad SMARTS) is 2. The molecule has 1 aromatic carbocycles. The Morgan fingerprint density at radius 1 is 0.909 bits per heavy atom. The molecule has 33 heavy (non-hydrogen) atoms. The van der Waals surface area contributed by atoms with Gasteiger partial charge in [-0.2, -0.15) is 0 Å². The molecule has 0 atom stereocenters. The molecule has 1 rings (SSSR count). The third-order valence-electron chi connectivity index (χ3n) is 4.74. The molecule has 0 saturated heterocycles. The van der Waals surface area contributed by atoms with Crippen molar-refractivity contribution in [2.75, 3.05) is 26.3 Å². The molecule has 11 heteroatoms. The molecule has 0 radical (unpaired) electrons. The summed E-state index contributed by atoms with van der Waals surface area (Å²) in [7, 11) is 0. The minimum absolute atomic E-state index is 0.229. The molecule has 0 unspecified atom stereocenters. The highest BCUT2D eigenvalue weighted by Crippen LogP contribution is 2.32. The van der Waals surface area contributed by atoms with Gasteiger partial charge in [0.05, 0.1) is 13.2 Å². The molecular weight excluding hydrogens is 430 g/mol. The Morgan fingerprint density at radius 2 is 1.36 bits per heavy atom. The first-order valence-electron chi connectivity index (χ1n) is 10.7. The SMILES string of the molecule is CC(C)(C)N(CCCOc1ccc(N=[N+]=[N-])cc1OCCCN(C(=O)O)C(C)(C)C)C(=O)O. The van der Waals surface area contributed by atoms with Crippen LogP contribution in [0.2, 0.25) is 0 Å². The van der Waals surface area contributed by atoms with Crippen LogP contribution in [0, 0.1) is 0 Å². The fourth-order valence-electron chi connectivity index (χ4n) is 3.09. The molecule has 0 aromatic heterocycles. The van der Waals surface area contributed by atoms with Crippen molar-refractivity contribution in [3.8, 4) is 11.5 Å². The predicted octanol–water partition coefficient (Wildman–Crippen LogP) is 5.72. The molecule has 0 fully saturated rings. The van der Waals surface area contributed by atoms with Crippen LogP contribution < -0.4 is 9.47 Å². The second-order valence-corrected chi connectivity index (χ2v) is 9.43. The summed E-state index contributed by atoms with van der Waals surface area (Å²) in [6.07, 6.45) is -1.06. The van der Waals surface area contributed by atoms with Crippen molar-refractivity contribution in [3.05, 3.63) is 28.6 Å². The topological polar surface area (TPSA) is 148 Å². The highest BCUT2D eigenvalue weighted by molar-refractivity contribution is 5.66. The van der Waals surface area contributed by atoms with Gasteiger partial charge in [0.25, 0.3) is 0 Å². The van der Waals surface area contributed by atoms with Gasteiger partial charge in [-0.3, -0.25) is 0 Å². The van der Waals surface area contributed by atoms with Crippen LogP contribution >= 0.6 is 0 Å². The fourth-order valence-corrected chi connectivity index (χ4v) is 3.09. The van der Waals surface area contributed by atoms with Gasteiger partial charge in [0.15, 0.2) is 11.5 Å². The Kier molecular flexibility index (Phi) is 10.1. The van der Waals surface area contributed by atoms with Crippen molar-refractivity contribution < 1.29 is 29.3 Å². The largest absolute Gasteiger partial charge is 0.490 e. The smallest absolute Gasteiger partial charge is 0.407 e. The van der Waals surface area contributed by atoms with Crippen molar-refractivity contribution in [3.63, 3.8) is 0 Å². The average Bonchev–Trinajstić information content (AvgIpc) is 2.66. The van der Waals surface area contributed by atoms with Crippen molar-refractivity contribution in [1.29, 1.82) is 0 Å². The van der Waals surface area contributed by atoms with Gasteiger partial charge in [-0.05, 0) is 78.1 Å². The molecule has 2 amide bonds. The summed E-state index contributed by atoms with van der Waals surface area (Å²) in [5, 5.41) is 22.3. The summed E-state index contributed by atoms with van der Waals surface area (Å²) in [4.78, 5) is 28.4. The van der Waals surface area contributed by atoms with Gasteiger partial charge in [0, 0.05) is 34.8 Å². The number of amides is 2. The van der Waals surface area contributed by atoms with Crippen molar-refractivity contribution in [2.24, 2.45) is 5.11 Å². The quantitative estimate of drug-likeness (QED) is 0.185. The van der Waals surface area contributed by atoms with Gasteiger partial charge in [-0.15, -0.1) is 0 Å². The molecule has 0 aliphatic rings. The lowest BCUT2D eigenvalue weighted by Gasteiger charge is -2.33. The highest BCUT2D eigenvalue weighted by Gasteiger charge is 2.26. The van der Waals surface area contributed by atoms with Gasteiger partial charge in [-0.25, -0.2) is 9.59 Å². The normalized spacial score (nSPS) is 11.3. The number of azide groups is 1. The number of benzene rings is 1. The van der Waals surface area contributed by atoms with Gasteiger partial charge in [0.1, 0.15) is 0 Å². The Labute approximate surface area is 194 Å². The van der Waals surface area contributed by atoms with E-state index in [4.69, 9.17) is 15.0 Å². The molecule has 0 bridgehead atoms. The maximum atomic E-state index is 11.5. The summed E-state index contributed by atoms with van der Waals surface area (Å²) < 4.78 is 11.6. The third kappa shape index (κ3) is 9.36. The lowest BCUT2D eigenvalue weighted by molar-refractivity contribution is 0.0937. The second kappa shape index (κ2) is 12.1. The standard InChI is InChI=1S/C22H35N5O6/c1-21(2,3)26(19(28)29)11-7-13-32-17-10-9-16(24-25-23)15-18(17)33-14-8-12-27(20(30)31)22(4,5)6/h9-10,15H,7-8,11-14H2,1-6H3,(H,28,29)(H,30,31). The first-order chi connectivity index (χ1) is 15.3. The van der Waals surface area contributed by atoms with E-state index in [1.54, 1.807) is 18.2 Å². The van der Waals surface area contributed by atoms with Gasteiger partial charge in [0.2, 0.25) is 0 Å². The summed E-state index contributed by atoms with van der Waals surface area (Å²) in [5.74, 6) is 0.791. The molecule has 0 aliphatic heterocycles. The van der Waals surface area contributed by atoms with E-state index in [0.717, 1.165) is 0 Å². The summed E-state index contributed by atoms with van der Waals surface area (Å²) in [6, 6.07) is 4.76. The zero-order valence-electron chi connectivity index (χ0n) is 20.2. The molecule has 0 heterocycles. The first-order valence-corrected chi connectivity index (χ1v) is 10.7. The number of nitrogens with zero attached hydrogens (tertiary/aromatic N) is 5. The maximum Gasteiger partial charge on any atom is 0.407 e. The Bertz CT molecular complexity index is 856. The zero-order valence-corrected chi connectivity index (χ0v) is 20.2. The summed E-state index contributed by atoms with van der Waals surface area (Å²) in [5.41, 5.74) is 8.00. The average molecular weight is 466 g/mol. The van der Waals surface area contributed by atoms with Crippen LogP contribution in [0.4, 0.5) is 15.3 Å². The number of carbonyl (C=O) groups is 2. The Morgan fingerprint density at radius 3 is 1.76 bits per heavy atom. The Hall–Kier alpha value is -3.33. The van der Waals surface area contributed by atoms with Gasteiger partial charge >= 0.3 is 12.2 Å². The van der Waals surface area contributed by atoms with Crippen LogP contribution in [0.25, 0.3) is 10.4 Å². The molecular formula is C22H35N5O6. The van der Waals surface area contributed by atoms with Crippen LogP contribution in [-0.2, 0) is 0 Å². The lowest BCUT2D eigenvalue weighted by Crippen LogP contribution is -2.45. The number of ether oxygens (including phenoxy) is 2. The van der Waals surface area contributed by atoms with Crippen molar-refractivity contribution >= 4 is 17.9 Å². The van der Waals surface area contributed by atoms with E-state index in [0.29, 0.717) is 43.1 Å². The van der Waals surface area contributed by atoms with Crippen molar-refractivity contribution in [2.45, 2.75) is 65.5 Å². The minimum atomic E-state index is -0.998. The zero-order chi connectivity index (χ0) is 25.2. The van der Waals surface area contributed by atoms with Crippen LogP contribution in [0.15, 0.2) is 23.3 Å². The molecule has 184 valence electrons. The predicted molar refractivity (Wildman–Crippen MR) is 124 cm³/mol. The Balaban J connectivity index is 2.77. The summed E-state index contributed by atoms with van der Waals surface area (Å²) in [6.45, 7) is 12.0. The fraction of sp³-hybridized carbons (Fsp3) is 0.636. The van der Waals surface area contributed by atoms with Crippen LogP contribution in [0.5, 0.6) is 11.5 Å². The molecule has 0 spiro atoms. The molecule has 2 N–H and O–H groups in total. The second-order valence-electron chi connectivity index (χ2n) is 9.43. The molecule has 0 aliphatic carbocycles. The van der Waals surface area contributed by atoms with E-state index in [1.165, 1.54) is 9.80 Å². The number of hydrogen-bond acceptors (Lipinski definition) is 5. The highest BCUT2D eigenvalue weighted by atomic mass is 16.5. The lowest BCUT2D eigenvalue weighted by atomic mass is 10.1. The third-order valence-corrected chi connectivity index (χ3v) is 4.74. The number of rotatable bonds is 11. The number of hydrogen-bond donors (Lipinski definition) is 2. The van der Waals surface area contributed by atoms with E-state index >= 15 is 0 Å². The van der Waals surface area contributed by atoms with Crippen LogP contribution in [0.3, 0.4) is 0 Å². The van der Waals surface area contributed by atoms with E-state index in [2.05, 4.69) is 10.0 Å². The first kappa shape index (κ1) is 27.7. The van der Waals surface area contributed by atoms with Crippen LogP contribution in [0.1, 0.15) is 54.4 Å². The van der Waals surface area contributed by atoms with E-state index in [9.17, 15) is 19.8 Å². The van der Waals surface area contributed by atoms with Crippen LogP contribution in [-0.4, -0.2) is 69.6 Å². The van der Waals surface area contributed by atoms with E-state index in [1.807, 2.05) is 41.5 Å².